The van der Waals surface area contributed by atoms with Crippen LogP contribution < -0.4 is 15.4 Å². The fraction of sp³-hybridized carbons (Fsp3) is 0.231. The standard InChI is InChI=1S/C13H15N5O4/c1-21-10-6-4-3-5-9(10)14-12(19)8-18-7-11(16-17-18)15-13(20)22-2/h3-7H,8H2,1-2H3,(H,14,19)(H,15,20). The summed E-state index contributed by atoms with van der Waals surface area (Å²) in [5, 5.41) is 12.5. The Bertz CT molecular complexity index is 670. The lowest BCUT2D eigenvalue weighted by Gasteiger charge is -2.09. The van der Waals surface area contributed by atoms with Crippen LogP contribution in [0.4, 0.5) is 16.3 Å². The van der Waals surface area contributed by atoms with E-state index in [4.69, 9.17) is 4.74 Å². The van der Waals surface area contributed by atoms with Gasteiger partial charge in [0.1, 0.15) is 12.3 Å². The number of para-hydroxylation sites is 2. The highest BCUT2D eigenvalue weighted by Gasteiger charge is 2.10. The van der Waals surface area contributed by atoms with Crippen LogP contribution in [0.3, 0.4) is 0 Å². The van der Waals surface area contributed by atoms with E-state index in [1.54, 1.807) is 24.3 Å². The Labute approximate surface area is 126 Å². The van der Waals surface area contributed by atoms with Crippen LogP contribution in [0.5, 0.6) is 5.75 Å². The number of anilines is 2. The minimum Gasteiger partial charge on any atom is -0.495 e. The summed E-state index contributed by atoms with van der Waals surface area (Å²) in [5.74, 6) is 0.443. The minimum absolute atomic E-state index is 0.0616. The number of nitrogens with one attached hydrogen (secondary N) is 2. The third-order valence-corrected chi connectivity index (χ3v) is 2.64. The molecule has 1 aromatic carbocycles. The van der Waals surface area contributed by atoms with E-state index in [0.29, 0.717) is 11.4 Å². The Hall–Kier alpha value is -3.10. The highest BCUT2D eigenvalue weighted by atomic mass is 16.5. The first kappa shape index (κ1) is 15.3. The molecule has 2 aromatic rings. The van der Waals surface area contributed by atoms with E-state index in [9.17, 15) is 9.59 Å². The fourth-order valence-corrected chi connectivity index (χ4v) is 1.67. The van der Waals surface area contributed by atoms with Crippen molar-refractivity contribution in [3.8, 4) is 5.75 Å². The average Bonchev–Trinajstić information content (AvgIpc) is 2.94. The number of nitrogens with zero attached hydrogens (tertiary/aromatic N) is 3. The Morgan fingerprint density at radius 3 is 2.73 bits per heavy atom. The van der Waals surface area contributed by atoms with E-state index in [-0.39, 0.29) is 18.3 Å². The molecule has 2 rings (SSSR count). The predicted molar refractivity (Wildman–Crippen MR) is 77.7 cm³/mol. The van der Waals surface area contributed by atoms with Crippen LogP contribution in [0.1, 0.15) is 0 Å². The van der Waals surface area contributed by atoms with Gasteiger partial charge in [0.15, 0.2) is 5.82 Å². The Kier molecular flexibility index (Phi) is 4.91. The van der Waals surface area contributed by atoms with Crippen molar-refractivity contribution in [3.63, 3.8) is 0 Å². The Morgan fingerprint density at radius 1 is 1.23 bits per heavy atom. The maximum atomic E-state index is 12.0. The highest BCUT2D eigenvalue weighted by Crippen LogP contribution is 2.22. The van der Waals surface area contributed by atoms with Crippen molar-refractivity contribution in [2.24, 2.45) is 0 Å². The maximum absolute atomic E-state index is 12.0. The topological polar surface area (TPSA) is 107 Å². The molecular formula is C13H15N5O4. The molecule has 0 bridgehead atoms. The Morgan fingerprint density at radius 2 is 2.00 bits per heavy atom. The van der Waals surface area contributed by atoms with Gasteiger partial charge in [0.25, 0.3) is 0 Å². The third-order valence-electron chi connectivity index (χ3n) is 2.64. The van der Waals surface area contributed by atoms with Crippen molar-refractivity contribution in [1.82, 2.24) is 15.0 Å². The molecule has 9 nitrogen and oxygen atoms in total. The zero-order valence-electron chi connectivity index (χ0n) is 12.1. The van der Waals surface area contributed by atoms with Crippen molar-refractivity contribution in [3.05, 3.63) is 30.5 Å². The summed E-state index contributed by atoms with van der Waals surface area (Å²) in [5.41, 5.74) is 0.558. The third kappa shape index (κ3) is 3.95. The molecule has 2 amide bonds. The summed E-state index contributed by atoms with van der Waals surface area (Å²) in [4.78, 5) is 23.0. The monoisotopic (exact) mass is 305 g/mol. The van der Waals surface area contributed by atoms with Gasteiger partial charge in [0, 0.05) is 0 Å². The van der Waals surface area contributed by atoms with Gasteiger partial charge < -0.3 is 14.8 Å². The van der Waals surface area contributed by atoms with E-state index in [2.05, 4.69) is 25.7 Å². The van der Waals surface area contributed by atoms with Gasteiger partial charge in [-0.15, -0.1) is 5.10 Å². The number of hydrogen-bond acceptors (Lipinski definition) is 6. The summed E-state index contributed by atoms with van der Waals surface area (Å²) < 4.78 is 10.9. The van der Waals surface area contributed by atoms with Gasteiger partial charge >= 0.3 is 6.09 Å². The minimum atomic E-state index is -0.662. The second-order valence-corrected chi connectivity index (χ2v) is 4.17. The largest absolute Gasteiger partial charge is 0.495 e. The van der Waals surface area contributed by atoms with Gasteiger partial charge in [-0.2, -0.15) is 0 Å². The van der Waals surface area contributed by atoms with Crippen LogP contribution in [0.2, 0.25) is 0 Å². The second kappa shape index (κ2) is 7.07. The molecular weight excluding hydrogens is 290 g/mol. The lowest BCUT2D eigenvalue weighted by molar-refractivity contribution is -0.116. The summed E-state index contributed by atoms with van der Waals surface area (Å²) in [6.45, 7) is -0.0616. The van der Waals surface area contributed by atoms with Gasteiger partial charge in [0.2, 0.25) is 5.91 Å². The smallest absolute Gasteiger partial charge is 0.412 e. The molecule has 22 heavy (non-hydrogen) atoms. The molecule has 0 aliphatic heterocycles. The molecule has 1 aromatic heterocycles. The fourth-order valence-electron chi connectivity index (χ4n) is 1.67. The Balaban J connectivity index is 1.96. The van der Waals surface area contributed by atoms with Gasteiger partial charge in [0.05, 0.1) is 26.1 Å². The number of amides is 2. The number of benzene rings is 1. The molecule has 0 saturated heterocycles. The van der Waals surface area contributed by atoms with E-state index in [0.717, 1.165) is 0 Å². The molecule has 1 heterocycles. The average molecular weight is 305 g/mol. The highest BCUT2D eigenvalue weighted by molar-refractivity contribution is 5.92. The van der Waals surface area contributed by atoms with Crippen molar-refractivity contribution < 1.29 is 19.1 Å². The SMILES string of the molecule is COC(=O)Nc1cn(CC(=O)Nc2ccccc2OC)nn1. The molecule has 0 fully saturated rings. The molecule has 9 heteroatoms. The molecule has 0 aliphatic rings. The summed E-state index contributed by atoms with van der Waals surface area (Å²) >= 11 is 0. The molecule has 0 spiro atoms. The van der Waals surface area contributed by atoms with Crippen molar-refractivity contribution in [2.75, 3.05) is 24.9 Å². The van der Waals surface area contributed by atoms with E-state index in [1.165, 1.54) is 25.1 Å². The lowest BCUT2D eigenvalue weighted by Crippen LogP contribution is -2.19. The number of aromatic nitrogens is 3. The zero-order valence-corrected chi connectivity index (χ0v) is 12.1. The summed E-state index contributed by atoms with van der Waals surface area (Å²) in [6, 6.07) is 7.05. The number of methoxy groups -OCH3 is 2. The number of ether oxygens (including phenoxy) is 2. The lowest BCUT2D eigenvalue weighted by atomic mass is 10.3. The first-order valence-electron chi connectivity index (χ1n) is 6.30. The van der Waals surface area contributed by atoms with Gasteiger partial charge in [-0.05, 0) is 12.1 Å². The normalized spacial score (nSPS) is 9.91. The maximum Gasteiger partial charge on any atom is 0.412 e. The van der Waals surface area contributed by atoms with Crippen molar-refractivity contribution in [1.29, 1.82) is 0 Å². The quantitative estimate of drug-likeness (QED) is 0.856. The second-order valence-electron chi connectivity index (χ2n) is 4.17. The first-order valence-corrected chi connectivity index (χ1v) is 6.30. The van der Waals surface area contributed by atoms with Crippen LogP contribution in [-0.4, -0.2) is 41.2 Å². The number of carbonyl (C=O) groups is 2. The molecule has 0 radical (unpaired) electrons. The van der Waals surface area contributed by atoms with E-state index in [1.807, 2.05) is 0 Å². The van der Waals surface area contributed by atoms with Gasteiger partial charge in [-0.1, -0.05) is 17.3 Å². The van der Waals surface area contributed by atoms with Crippen LogP contribution in [0.25, 0.3) is 0 Å². The van der Waals surface area contributed by atoms with Gasteiger partial charge in [-0.3, -0.25) is 10.1 Å². The van der Waals surface area contributed by atoms with E-state index < -0.39 is 6.09 Å². The van der Waals surface area contributed by atoms with Crippen LogP contribution in [0.15, 0.2) is 30.5 Å². The number of rotatable bonds is 5. The molecule has 0 atom stereocenters. The molecule has 116 valence electrons. The van der Waals surface area contributed by atoms with Crippen LogP contribution >= 0.6 is 0 Å². The van der Waals surface area contributed by atoms with Crippen LogP contribution in [-0.2, 0) is 16.1 Å². The predicted octanol–water partition coefficient (Wildman–Crippen LogP) is 1.10. The molecule has 0 aliphatic carbocycles. The van der Waals surface area contributed by atoms with Crippen LogP contribution in [0, 0.1) is 0 Å². The van der Waals surface area contributed by atoms with Gasteiger partial charge in [-0.25, -0.2) is 9.48 Å². The molecule has 0 unspecified atom stereocenters. The van der Waals surface area contributed by atoms with Crippen molar-refractivity contribution >= 4 is 23.5 Å². The van der Waals surface area contributed by atoms with E-state index >= 15 is 0 Å². The van der Waals surface area contributed by atoms with Crippen molar-refractivity contribution in [2.45, 2.75) is 6.54 Å². The number of hydrogen-bond donors (Lipinski definition) is 2. The number of carbonyl (C=O) groups excluding carboxylic acids is 2. The first-order chi connectivity index (χ1) is 10.6. The molecule has 0 saturated carbocycles. The summed E-state index contributed by atoms with van der Waals surface area (Å²) in [6.07, 6.45) is 0.754. The zero-order chi connectivity index (χ0) is 15.9. The summed E-state index contributed by atoms with van der Waals surface area (Å²) in [7, 11) is 2.76. The molecule has 2 N–H and O–H groups in total.